The van der Waals surface area contributed by atoms with Gasteiger partial charge in [-0.05, 0) is 69.7 Å². The Morgan fingerprint density at radius 3 is 2.64 bits per heavy atom. The van der Waals surface area contributed by atoms with Crippen LogP contribution in [0.15, 0.2) is 54.9 Å². The molecule has 0 unspecified atom stereocenters. The number of nitrogens with zero attached hydrogens (tertiary/aromatic N) is 4. The molecule has 2 N–H and O–H groups in total. The number of aryl methyl sites for hydroxylation is 1. The van der Waals surface area contributed by atoms with Gasteiger partial charge < -0.3 is 24.6 Å². The van der Waals surface area contributed by atoms with Gasteiger partial charge in [0.25, 0.3) is 5.91 Å². The van der Waals surface area contributed by atoms with Crippen molar-refractivity contribution in [3.8, 4) is 22.8 Å². The number of carbonyl (C=O) groups is 3. The second-order valence-corrected chi connectivity index (χ2v) is 15.7. The van der Waals surface area contributed by atoms with Crippen molar-refractivity contribution in [3.05, 3.63) is 60.6 Å². The molecule has 0 radical (unpaired) electrons. The maximum absolute atomic E-state index is 14.1. The van der Waals surface area contributed by atoms with Gasteiger partial charge in [-0.3, -0.25) is 19.3 Å². The highest BCUT2D eigenvalue weighted by Crippen LogP contribution is 2.46. The Morgan fingerprint density at radius 1 is 1.08 bits per heavy atom. The summed E-state index contributed by atoms with van der Waals surface area (Å²) in [5.74, 6) is -0.626. The fourth-order valence-corrected chi connectivity index (χ4v) is 8.40. The van der Waals surface area contributed by atoms with Crippen LogP contribution < -0.4 is 19.5 Å². The lowest BCUT2D eigenvalue weighted by atomic mass is 9.99. The molecule has 0 bridgehead atoms. The molecule has 4 aliphatic rings. The molecule has 4 amide bonds. The average Bonchev–Trinajstić information content (AvgIpc) is 4.03. The molecule has 2 aliphatic heterocycles. The minimum absolute atomic E-state index is 0.114. The molecular formula is C36H42N6O7S. The maximum atomic E-state index is 14.1. The number of pyridine rings is 2. The van der Waals surface area contributed by atoms with Crippen molar-refractivity contribution in [3.63, 3.8) is 0 Å². The maximum Gasteiger partial charge on any atom is 0.320 e. The van der Waals surface area contributed by atoms with E-state index >= 15 is 0 Å². The third kappa shape index (κ3) is 6.48. The van der Waals surface area contributed by atoms with E-state index in [0.717, 1.165) is 46.9 Å². The molecule has 0 spiro atoms. The standard InChI is InChI=1S/C36H42N6O7S/c1-22-9-10-23(20-38-22)31-27-15-16-37-33(28(27)13-14-30(31)48-3)49-25-18-29-32(43)39-36(34(44)40-50(46,47)26-11-12-26)19-24(36)8-6-4-5-7-17-41(2)35(45)42(29)21-25/h6,8-10,13-16,20,24-26,29H,4-5,7,11-12,17-19,21H2,1-3H3,(H,39,43)(H,40,44)/b8-6-/t24-,25-,29+,36-/m1/s1. The topological polar surface area (TPSA) is 160 Å². The quantitative estimate of drug-likeness (QED) is 0.350. The summed E-state index contributed by atoms with van der Waals surface area (Å²) in [4.78, 5) is 53.6. The number of hydrogen-bond donors (Lipinski definition) is 2. The van der Waals surface area contributed by atoms with Crippen LogP contribution in [0.4, 0.5) is 4.79 Å². The molecule has 2 saturated carbocycles. The van der Waals surface area contributed by atoms with E-state index in [0.29, 0.717) is 31.0 Å². The van der Waals surface area contributed by atoms with Gasteiger partial charge in [0.1, 0.15) is 23.4 Å². The summed E-state index contributed by atoms with van der Waals surface area (Å²) in [7, 11) is -0.508. The number of carbonyl (C=O) groups excluding carboxylic acids is 3. The van der Waals surface area contributed by atoms with Gasteiger partial charge in [-0.15, -0.1) is 0 Å². The summed E-state index contributed by atoms with van der Waals surface area (Å²) in [6.07, 6.45) is 10.5. The normalized spacial score (nSPS) is 26.3. The molecule has 50 heavy (non-hydrogen) atoms. The van der Waals surface area contributed by atoms with Gasteiger partial charge in [0.05, 0.1) is 18.9 Å². The minimum Gasteiger partial charge on any atom is -0.496 e. The lowest BCUT2D eigenvalue weighted by molar-refractivity contribution is -0.131. The molecule has 3 aromatic rings. The summed E-state index contributed by atoms with van der Waals surface area (Å²) < 4.78 is 39.9. The van der Waals surface area contributed by atoms with Crippen LogP contribution in [0.25, 0.3) is 21.9 Å². The number of amides is 4. The van der Waals surface area contributed by atoms with E-state index in [1.165, 1.54) is 4.90 Å². The number of fused-ring (bicyclic) bond motifs is 3. The van der Waals surface area contributed by atoms with Crippen LogP contribution in [-0.2, 0) is 19.6 Å². The van der Waals surface area contributed by atoms with E-state index in [1.807, 2.05) is 49.4 Å². The number of rotatable bonds is 7. The molecular weight excluding hydrogens is 660 g/mol. The molecule has 7 rings (SSSR count). The second kappa shape index (κ2) is 13.2. The number of allylic oxidation sites excluding steroid dienone is 1. The number of hydrogen-bond acceptors (Lipinski definition) is 9. The summed E-state index contributed by atoms with van der Waals surface area (Å²) in [5, 5.41) is 3.87. The fourth-order valence-electron chi connectivity index (χ4n) is 7.04. The second-order valence-electron chi connectivity index (χ2n) is 13.8. The van der Waals surface area contributed by atoms with Gasteiger partial charge in [-0.25, -0.2) is 18.2 Å². The van der Waals surface area contributed by atoms with Gasteiger partial charge in [0, 0.05) is 65.9 Å². The highest BCUT2D eigenvalue weighted by atomic mass is 32.2. The SMILES string of the molecule is COc1ccc2c(O[C@@H]3C[C@H]4C(=O)N[C@]5(C(=O)NS(=O)(=O)C6CC6)C[C@H]5/C=C\CCCCN(C)C(=O)N4C3)nccc2c1-c1ccc(C)nc1. The van der Waals surface area contributed by atoms with E-state index in [-0.39, 0.29) is 31.3 Å². The monoisotopic (exact) mass is 702 g/mol. The van der Waals surface area contributed by atoms with Crippen molar-refractivity contribution < 1.29 is 32.3 Å². The number of aromatic nitrogens is 2. The Balaban J connectivity index is 1.18. The van der Waals surface area contributed by atoms with Gasteiger partial charge in [0.15, 0.2) is 0 Å². The highest BCUT2D eigenvalue weighted by Gasteiger charge is 2.62. The molecule has 14 heteroatoms. The van der Waals surface area contributed by atoms with E-state index in [4.69, 9.17) is 9.47 Å². The minimum atomic E-state index is -3.83. The Kier molecular flexibility index (Phi) is 8.91. The Morgan fingerprint density at radius 2 is 1.90 bits per heavy atom. The first-order chi connectivity index (χ1) is 24.0. The van der Waals surface area contributed by atoms with E-state index in [2.05, 4.69) is 20.0 Å². The lowest BCUT2D eigenvalue weighted by Gasteiger charge is -2.30. The van der Waals surface area contributed by atoms with E-state index < -0.39 is 44.8 Å². The summed E-state index contributed by atoms with van der Waals surface area (Å²) in [6, 6.07) is 8.24. The fraction of sp³-hybridized carbons (Fsp3) is 0.472. The largest absolute Gasteiger partial charge is 0.496 e. The molecule has 2 aliphatic carbocycles. The van der Waals surface area contributed by atoms with Crippen LogP contribution >= 0.6 is 0 Å². The first-order valence-electron chi connectivity index (χ1n) is 17.1. The molecule has 3 fully saturated rings. The summed E-state index contributed by atoms with van der Waals surface area (Å²) in [5.41, 5.74) is 1.17. The summed E-state index contributed by atoms with van der Waals surface area (Å²) in [6.45, 7) is 2.55. The van der Waals surface area contributed by atoms with E-state index in [1.54, 1.807) is 31.5 Å². The van der Waals surface area contributed by atoms with Gasteiger partial charge in [-0.1, -0.05) is 18.2 Å². The van der Waals surface area contributed by atoms with Crippen molar-refractivity contribution >= 4 is 38.6 Å². The van der Waals surface area contributed by atoms with Gasteiger partial charge in [-0.2, -0.15) is 0 Å². The van der Waals surface area contributed by atoms with Crippen molar-refractivity contribution in [2.24, 2.45) is 5.92 Å². The van der Waals surface area contributed by atoms with Crippen molar-refractivity contribution in [1.82, 2.24) is 29.8 Å². The Bertz CT molecular complexity index is 1970. The molecule has 4 heterocycles. The molecule has 1 saturated heterocycles. The molecule has 13 nitrogen and oxygen atoms in total. The first-order valence-corrected chi connectivity index (χ1v) is 18.7. The number of nitrogens with one attached hydrogen (secondary N) is 2. The van der Waals surface area contributed by atoms with Crippen LogP contribution in [0.2, 0.25) is 0 Å². The third-order valence-corrected chi connectivity index (χ3v) is 12.0. The summed E-state index contributed by atoms with van der Waals surface area (Å²) >= 11 is 0. The van der Waals surface area contributed by atoms with Crippen LogP contribution in [0.5, 0.6) is 11.6 Å². The first kappa shape index (κ1) is 33.8. The Labute approximate surface area is 291 Å². The van der Waals surface area contributed by atoms with Crippen molar-refractivity contribution in [2.75, 3.05) is 27.2 Å². The van der Waals surface area contributed by atoms with Crippen LogP contribution in [0.3, 0.4) is 0 Å². The predicted molar refractivity (Wildman–Crippen MR) is 186 cm³/mol. The number of benzene rings is 1. The zero-order valence-corrected chi connectivity index (χ0v) is 29.2. The average molecular weight is 703 g/mol. The Hall–Kier alpha value is -4.72. The molecule has 264 valence electrons. The zero-order valence-electron chi connectivity index (χ0n) is 28.4. The molecule has 4 atom stereocenters. The zero-order chi connectivity index (χ0) is 35.2. The number of methoxy groups -OCH3 is 1. The smallest absolute Gasteiger partial charge is 0.320 e. The van der Waals surface area contributed by atoms with E-state index in [9.17, 15) is 22.8 Å². The lowest BCUT2D eigenvalue weighted by Crippen LogP contribution is -2.57. The highest BCUT2D eigenvalue weighted by molar-refractivity contribution is 7.91. The number of ether oxygens (including phenoxy) is 2. The van der Waals surface area contributed by atoms with Gasteiger partial charge >= 0.3 is 6.03 Å². The van der Waals surface area contributed by atoms with Crippen LogP contribution in [0.1, 0.15) is 50.6 Å². The van der Waals surface area contributed by atoms with Crippen LogP contribution in [-0.4, -0.2) is 96.2 Å². The van der Waals surface area contributed by atoms with Gasteiger partial charge in [0.2, 0.25) is 21.8 Å². The van der Waals surface area contributed by atoms with Crippen LogP contribution in [0, 0.1) is 12.8 Å². The molecule has 2 aromatic heterocycles. The predicted octanol–water partition coefficient (Wildman–Crippen LogP) is 3.71. The number of urea groups is 1. The van der Waals surface area contributed by atoms with Crippen molar-refractivity contribution in [1.29, 1.82) is 0 Å². The third-order valence-electron chi connectivity index (χ3n) is 10.2. The number of sulfonamides is 1. The molecule has 1 aromatic carbocycles. The van der Waals surface area contributed by atoms with Crippen molar-refractivity contribution in [2.45, 2.75) is 74.8 Å².